The molecule has 0 aliphatic heterocycles. The van der Waals surface area contributed by atoms with Gasteiger partial charge in [0, 0.05) is 23.5 Å². The second kappa shape index (κ2) is 14.8. The maximum atomic E-state index is 13.5. The van der Waals surface area contributed by atoms with Crippen molar-refractivity contribution in [2.45, 2.75) is 71.1 Å². The zero-order valence-corrected chi connectivity index (χ0v) is 23.6. The first kappa shape index (κ1) is 31.2. The quantitative estimate of drug-likeness (QED) is 0.198. The van der Waals surface area contributed by atoms with Gasteiger partial charge in [-0.15, -0.1) is 0 Å². The number of hydrogen-bond donors (Lipinski definition) is 6. The molecule has 0 spiro atoms. The van der Waals surface area contributed by atoms with Crippen molar-refractivity contribution in [3.05, 3.63) is 36.0 Å². The number of aromatic nitrogens is 1. The summed E-state index contributed by atoms with van der Waals surface area (Å²) in [6, 6.07) is 3.77. The van der Waals surface area contributed by atoms with E-state index < -0.39 is 47.9 Å². The van der Waals surface area contributed by atoms with E-state index in [0.717, 1.165) is 16.5 Å². The molecule has 0 aliphatic rings. The Morgan fingerprint density at radius 2 is 1.66 bits per heavy atom. The summed E-state index contributed by atoms with van der Waals surface area (Å²) >= 11 is 1.48. The average Bonchev–Trinajstić information content (AvgIpc) is 3.30. The molecule has 38 heavy (non-hydrogen) atoms. The SMILES string of the molecule is CCC(C)C(N)C(=O)NC(Cc1c[nH]c2ccccc12)C(=O)NC(C(=O)NC(CCSC)C(=O)O)C(C)C. The third-order valence-corrected chi connectivity index (χ3v) is 7.41. The Hall–Kier alpha value is -3.05. The van der Waals surface area contributed by atoms with Gasteiger partial charge in [-0.1, -0.05) is 52.3 Å². The molecule has 0 saturated heterocycles. The van der Waals surface area contributed by atoms with Crippen molar-refractivity contribution in [2.24, 2.45) is 17.6 Å². The normalized spacial score (nSPS) is 15.3. The molecule has 0 radical (unpaired) electrons. The monoisotopic (exact) mass is 547 g/mol. The number of para-hydroxylation sites is 1. The Balaban J connectivity index is 2.28. The third kappa shape index (κ3) is 8.49. The lowest BCUT2D eigenvalue weighted by Gasteiger charge is -2.27. The Labute approximate surface area is 228 Å². The summed E-state index contributed by atoms with van der Waals surface area (Å²) in [4.78, 5) is 54.4. The van der Waals surface area contributed by atoms with E-state index >= 15 is 0 Å². The largest absolute Gasteiger partial charge is 0.480 e. The minimum atomic E-state index is -1.13. The lowest BCUT2D eigenvalue weighted by atomic mass is 9.97. The Morgan fingerprint density at radius 3 is 2.26 bits per heavy atom. The lowest BCUT2D eigenvalue weighted by molar-refractivity contribution is -0.142. The fraction of sp³-hybridized carbons (Fsp3) is 0.556. The molecule has 210 valence electrons. The number of thioether (sulfide) groups is 1. The van der Waals surface area contributed by atoms with Gasteiger partial charge >= 0.3 is 5.97 Å². The molecule has 3 amide bonds. The average molecular weight is 548 g/mol. The van der Waals surface area contributed by atoms with Gasteiger partial charge in [-0.3, -0.25) is 14.4 Å². The highest BCUT2D eigenvalue weighted by atomic mass is 32.2. The number of nitrogens with two attached hydrogens (primary N) is 1. The molecule has 1 aromatic carbocycles. The Bertz CT molecular complexity index is 1100. The number of hydrogen-bond acceptors (Lipinski definition) is 6. The van der Waals surface area contributed by atoms with Crippen LogP contribution in [0, 0.1) is 11.8 Å². The van der Waals surface area contributed by atoms with Crippen molar-refractivity contribution in [3.63, 3.8) is 0 Å². The van der Waals surface area contributed by atoms with Gasteiger partial charge in [0.2, 0.25) is 17.7 Å². The highest BCUT2D eigenvalue weighted by Crippen LogP contribution is 2.20. The minimum absolute atomic E-state index is 0.0878. The number of carboxylic acids is 1. The summed E-state index contributed by atoms with van der Waals surface area (Å²) in [5.41, 5.74) is 7.86. The lowest BCUT2D eigenvalue weighted by Crippen LogP contribution is -2.59. The molecule has 0 saturated carbocycles. The van der Waals surface area contributed by atoms with Crippen LogP contribution in [0.1, 0.15) is 46.1 Å². The standard InChI is InChI=1S/C27H41N5O5S/c1-6-16(4)22(28)25(34)31-21(13-17-14-29-19-10-8-7-9-18(17)19)24(33)32-23(15(2)3)26(35)30-20(27(36)37)11-12-38-5/h7-10,14-16,20-23,29H,6,11-13,28H2,1-5H3,(H,30,35)(H,31,34)(H,32,33)(H,36,37). The van der Waals surface area contributed by atoms with Gasteiger partial charge in [-0.25, -0.2) is 4.79 Å². The van der Waals surface area contributed by atoms with Crippen LogP contribution in [0.15, 0.2) is 30.5 Å². The van der Waals surface area contributed by atoms with Crippen LogP contribution in [0.3, 0.4) is 0 Å². The summed E-state index contributed by atoms with van der Waals surface area (Å²) in [5.74, 6) is -2.58. The van der Waals surface area contributed by atoms with Crippen molar-refractivity contribution in [1.82, 2.24) is 20.9 Å². The van der Waals surface area contributed by atoms with Gasteiger partial charge in [0.1, 0.15) is 18.1 Å². The molecule has 5 atom stereocenters. The summed E-state index contributed by atoms with van der Waals surface area (Å²) in [6.45, 7) is 7.32. The number of rotatable bonds is 15. The second-order valence-corrected chi connectivity index (χ2v) is 10.9. The van der Waals surface area contributed by atoms with Gasteiger partial charge in [-0.2, -0.15) is 11.8 Å². The summed E-state index contributed by atoms with van der Waals surface area (Å²) in [5, 5.41) is 18.5. The number of amides is 3. The highest BCUT2D eigenvalue weighted by molar-refractivity contribution is 7.98. The molecule has 1 aromatic heterocycles. The number of H-pyrrole nitrogens is 1. The first-order valence-corrected chi connectivity index (χ1v) is 14.3. The van der Waals surface area contributed by atoms with E-state index in [1.807, 2.05) is 44.4 Å². The van der Waals surface area contributed by atoms with E-state index in [1.54, 1.807) is 20.0 Å². The maximum Gasteiger partial charge on any atom is 0.326 e. The zero-order chi connectivity index (χ0) is 28.4. The number of carbonyl (C=O) groups is 4. The summed E-state index contributed by atoms with van der Waals surface area (Å²) in [6.07, 6.45) is 4.78. The second-order valence-electron chi connectivity index (χ2n) is 9.95. The summed E-state index contributed by atoms with van der Waals surface area (Å²) in [7, 11) is 0. The van der Waals surface area contributed by atoms with Crippen LogP contribution in [-0.4, -0.2) is 70.0 Å². The van der Waals surface area contributed by atoms with Crippen LogP contribution >= 0.6 is 11.8 Å². The number of nitrogens with one attached hydrogen (secondary N) is 4. The van der Waals surface area contributed by atoms with Crippen LogP contribution in [0.5, 0.6) is 0 Å². The van der Waals surface area contributed by atoms with Gasteiger partial charge in [0.25, 0.3) is 0 Å². The fourth-order valence-corrected chi connectivity index (χ4v) is 4.52. The van der Waals surface area contributed by atoms with Crippen LogP contribution in [0.25, 0.3) is 10.9 Å². The predicted octanol–water partition coefficient (Wildman–Crippen LogP) is 2.03. The van der Waals surface area contributed by atoms with Gasteiger partial charge in [0.05, 0.1) is 6.04 Å². The van der Waals surface area contributed by atoms with Gasteiger partial charge < -0.3 is 31.8 Å². The maximum absolute atomic E-state index is 13.5. The molecule has 2 aromatic rings. The number of carbonyl (C=O) groups excluding carboxylic acids is 3. The number of benzene rings is 1. The zero-order valence-electron chi connectivity index (χ0n) is 22.7. The molecule has 10 nitrogen and oxygen atoms in total. The Morgan fingerprint density at radius 1 is 1.00 bits per heavy atom. The molecular formula is C27H41N5O5S. The molecule has 2 rings (SSSR count). The fourth-order valence-electron chi connectivity index (χ4n) is 4.05. The molecule has 7 N–H and O–H groups in total. The minimum Gasteiger partial charge on any atom is -0.480 e. The molecule has 11 heteroatoms. The summed E-state index contributed by atoms with van der Waals surface area (Å²) < 4.78 is 0. The van der Waals surface area contributed by atoms with Crippen LogP contribution in [-0.2, 0) is 25.6 Å². The van der Waals surface area contributed by atoms with Gasteiger partial charge in [-0.05, 0) is 41.9 Å². The number of aromatic amines is 1. The highest BCUT2D eigenvalue weighted by Gasteiger charge is 2.32. The number of fused-ring (bicyclic) bond motifs is 1. The van der Waals surface area contributed by atoms with Crippen molar-refractivity contribution in [2.75, 3.05) is 12.0 Å². The number of aliphatic carboxylic acids is 1. The topological polar surface area (TPSA) is 166 Å². The van der Waals surface area contributed by atoms with E-state index in [0.29, 0.717) is 12.2 Å². The molecule has 0 aliphatic carbocycles. The van der Waals surface area contributed by atoms with Crippen molar-refractivity contribution in [1.29, 1.82) is 0 Å². The van der Waals surface area contributed by atoms with E-state index in [1.165, 1.54) is 11.8 Å². The first-order valence-electron chi connectivity index (χ1n) is 12.9. The van der Waals surface area contributed by atoms with E-state index in [2.05, 4.69) is 20.9 Å². The third-order valence-electron chi connectivity index (χ3n) is 6.76. The first-order chi connectivity index (χ1) is 18.0. The van der Waals surface area contributed by atoms with Gasteiger partial charge in [0.15, 0.2) is 0 Å². The van der Waals surface area contributed by atoms with E-state index in [-0.39, 0.29) is 24.7 Å². The van der Waals surface area contributed by atoms with Crippen molar-refractivity contribution in [3.8, 4) is 0 Å². The molecule has 0 fully saturated rings. The van der Waals surface area contributed by atoms with E-state index in [9.17, 15) is 24.3 Å². The van der Waals surface area contributed by atoms with Crippen molar-refractivity contribution >= 4 is 46.4 Å². The molecule has 0 bridgehead atoms. The van der Waals surface area contributed by atoms with Crippen molar-refractivity contribution < 1.29 is 24.3 Å². The predicted molar refractivity (Wildman–Crippen MR) is 151 cm³/mol. The van der Waals surface area contributed by atoms with Crippen LogP contribution in [0.2, 0.25) is 0 Å². The molecular weight excluding hydrogens is 506 g/mol. The smallest absolute Gasteiger partial charge is 0.326 e. The molecule has 1 heterocycles. The van der Waals surface area contributed by atoms with Crippen LogP contribution in [0.4, 0.5) is 0 Å². The number of carboxylic acid groups (broad SMARTS) is 1. The van der Waals surface area contributed by atoms with E-state index in [4.69, 9.17) is 5.73 Å². The Kier molecular flexibility index (Phi) is 12.1. The van der Waals surface area contributed by atoms with Crippen LogP contribution < -0.4 is 21.7 Å². The molecule has 5 unspecified atom stereocenters.